The second kappa shape index (κ2) is 16.0. The SMILES string of the molecule is COc1cc(Cn2ncc3c(-c4cccc(-c5cc(F)c(CNC[C@@H]6CCC(=O)N6)c(OC)c5)c4C)cccc32)c(Cl)cc1CN(C)C12CCC(C(=O)O)(CC1)CC2. The Bertz CT molecular complexity index is 2370. The molecule has 12 heteroatoms. The van der Waals surface area contributed by atoms with Gasteiger partial charge in [-0.15, -0.1) is 0 Å². The number of fused-ring (bicyclic) bond motifs is 4. The Hall–Kier alpha value is -4.97. The molecule has 304 valence electrons. The molecule has 4 aromatic carbocycles. The lowest BCUT2D eigenvalue weighted by Crippen LogP contribution is -2.56. The molecule has 2 bridgehead atoms. The first-order valence-electron chi connectivity index (χ1n) is 20.2. The van der Waals surface area contributed by atoms with Gasteiger partial charge in [0.1, 0.15) is 17.3 Å². The molecule has 3 aliphatic carbocycles. The molecule has 0 spiro atoms. The molecule has 5 aromatic rings. The number of carbonyl (C=O) groups excluding carboxylic acids is 1. The van der Waals surface area contributed by atoms with Crippen molar-refractivity contribution >= 4 is 34.4 Å². The molecule has 9 rings (SSSR count). The van der Waals surface area contributed by atoms with E-state index in [1.165, 1.54) is 0 Å². The first kappa shape index (κ1) is 39.8. The largest absolute Gasteiger partial charge is 0.496 e. The molecule has 1 amide bonds. The number of hydrogen-bond acceptors (Lipinski definition) is 7. The van der Waals surface area contributed by atoms with Crippen LogP contribution in [0.4, 0.5) is 4.39 Å². The van der Waals surface area contributed by atoms with E-state index < -0.39 is 11.4 Å². The summed E-state index contributed by atoms with van der Waals surface area (Å²) in [6.07, 6.45) is 7.99. The summed E-state index contributed by atoms with van der Waals surface area (Å²) < 4.78 is 29.3. The number of carbonyl (C=O) groups is 2. The van der Waals surface area contributed by atoms with E-state index in [4.69, 9.17) is 26.2 Å². The highest BCUT2D eigenvalue weighted by atomic mass is 35.5. The Balaban J connectivity index is 1.02. The van der Waals surface area contributed by atoms with Crippen LogP contribution in [0.5, 0.6) is 11.5 Å². The van der Waals surface area contributed by atoms with Crippen LogP contribution in [0.1, 0.15) is 73.6 Å². The van der Waals surface area contributed by atoms with Crippen molar-refractivity contribution in [3.8, 4) is 33.8 Å². The van der Waals surface area contributed by atoms with E-state index in [2.05, 4.69) is 47.7 Å². The fraction of sp³-hybridized carbons (Fsp3) is 0.413. The van der Waals surface area contributed by atoms with Gasteiger partial charge in [0.2, 0.25) is 5.91 Å². The maximum atomic E-state index is 15.8. The number of methoxy groups -OCH3 is 2. The average molecular weight is 808 g/mol. The van der Waals surface area contributed by atoms with Crippen LogP contribution in [-0.4, -0.2) is 71.1 Å². The van der Waals surface area contributed by atoms with Gasteiger partial charge in [0.15, 0.2) is 0 Å². The molecule has 3 N–H and O–H groups in total. The Kier molecular flexibility index (Phi) is 11.0. The van der Waals surface area contributed by atoms with Crippen LogP contribution in [0.3, 0.4) is 0 Å². The summed E-state index contributed by atoms with van der Waals surface area (Å²) in [5.41, 5.74) is 7.38. The number of aliphatic carboxylic acids is 1. The topological polar surface area (TPSA) is 118 Å². The van der Waals surface area contributed by atoms with Crippen LogP contribution < -0.4 is 20.1 Å². The molecule has 1 atom stereocenters. The van der Waals surface area contributed by atoms with Gasteiger partial charge >= 0.3 is 5.97 Å². The van der Waals surface area contributed by atoms with E-state index in [0.717, 1.165) is 101 Å². The molecule has 10 nitrogen and oxygen atoms in total. The van der Waals surface area contributed by atoms with Crippen molar-refractivity contribution in [3.05, 3.63) is 100.0 Å². The molecule has 3 saturated carbocycles. The molecule has 2 heterocycles. The Morgan fingerprint density at radius 1 is 1.00 bits per heavy atom. The predicted molar refractivity (Wildman–Crippen MR) is 224 cm³/mol. The van der Waals surface area contributed by atoms with Crippen LogP contribution in [0.2, 0.25) is 5.02 Å². The van der Waals surface area contributed by atoms with Crippen LogP contribution in [0, 0.1) is 18.2 Å². The van der Waals surface area contributed by atoms with Crippen LogP contribution in [0.15, 0.2) is 66.9 Å². The highest BCUT2D eigenvalue weighted by Crippen LogP contribution is 2.55. The van der Waals surface area contributed by atoms with Gasteiger partial charge in [-0.25, -0.2) is 4.39 Å². The minimum absolute atomic E-state index is 0.0143. The van der Waals surface area contributed by atoms with E-state index in [-0.39, 0.29) is 29.8 Å². The minimum Gasteiger partial charge on any atom is -0.496 e. The molecule has 4 fully saturated rings. The van der Waals surface area contributed by atoms with Gasteiger partial charge in [-0.1, -0.05) is 41.9 Å². The van der Waals surface area contributed by atoms with E-state index in [1.807, 2.05) is 47.3 Å². The molecule has 1 aliphatic heterocycles. The molecular formula is C46H51ClFN5O5. The maximum absolute atomic E-state index is 15.8. The highest BCUT2D eigenvalue weighted by molar-refractivity contribution is 6.31. The normalized spacial score (nSPS) is 21.5. The number of carboxylic acids is 1. The molecule has 4 aliphatic rings. The van der Waals surface area contributed by atoms with Gasteiger partial charge in [-0.05, 0) is 123 Å². The van der Waals surface area contributed by atoms with E-state index in [9.17, 15) is 14.7 Å². The monoisotopic (exact) mass is 807 g/mol. The molecular weight excluding hydrogens is 757 g/mol. The first-order valence-corrected chi connectivity index (χ1v) is 20.5. The third-order valence-electron chi connectivity index (χ3n) is 13.4. The second-order valence-electron chi connectivity index (χ2n) is 16.5. The zero-order chi connectivity index (χ0) is 40.8. The lowest BCUT2D eigenvalue weighted by atomic mass is 9.57. The second-order valence-corrected chi connectivity index (χ2v) is 16.9. The molecule has 0 radical (unpaired) electrons. The number of aromatic nitrogens is 2. The number of amides is 1. The number of nitrogens with one attached hydrogen (secondary N) is 2. The van der Waals surface area contributed by atoms with E-state index in [1.54, 1.807) is 20.3 Å². The van der Waals surface area contributed by atoms with Crippen molar-refractivity contribution in [2.45, 2.75) is 89.5 Å². The van der Waals surface area contributed by atoms with E-state index >= 15 is 4.39 Å². The fourth-order valence-corrected chi connectivity index (χ4v) is 9.99. The van der Waals surface area contributed by atoms with Crippen molar-refractivity contribution in [2.24, 2.45) is 5.41 Å². The number of benzene rings is 4. The Morgan fingerprint density at radius 2 is 1.71 bits per heavy atom. The van der Waals surface area contributed by atoms with Crippen molar-refractivity contribution in [3.63, 3.8) is 0 Å². The maximum Gasteiger partial charge on any atom is 0.309 e. The number of hydrogen-bond donors (Lipinski definition) is 3. The number of ether oxygens (including phenoxy) is 2. The third kappa shape index (κ3) is 7.33. The van der Waals surface area contributed by atoms with Crippen molar-refractivity contribution < 1.29 is 28.6 Å². The number of nitrogens with zero attached hydrogens (tertiary/aromatic N) is 3. The van der Waals surface area contributed by atoms with Gasteiger partial charge in [-0.3, -0.25) is 19.2 Å². The fourth-order valence-electron chi connectivity index (χ4n) is 9.74. The third-order valence-corrected chi connectivity index (χ3v) is 13.8. The Labute approximate surface area is 343 Å². The summed E-state index contributed by atoms with van der Waals surface area (Å²) in [5.74, 6) is 0.278. The van der Waals surface area contributed by atoms with Crippen molar-refractivity contribution in [1.82, 2.24) is 25.3 Å². The van der Waals surface area contributed by atoms with Gasteiger partial charge < -0.3 is 25.2 Å². The van der Waals surface area contributed by atoms with Crippen LogP contribution in [0.25, 0.3) is 33.2 Å². The number of carboxylic acid groups (broad SMARTS) is 1. The standard InChI is InChI=1S/C46H51ClFN5O5/c1-28-33(29-20-39(48)37(42(21-29)58-4)24-49-23-32-11-12-43(54)51-32)7-5-8-34(28)35-9-6-10-40-36(35)25-50-53(40)27-30-22-41(57-3)31(19-38(30)47)26-52(2)46-16-13-45(14-17-46,15-18-46)44(55)56/h5-10,19-22,25,32,49H,11-18,23-24,26-27H2,1-4H3,(H,51,54)(H,55,56)/t32-,45?,46?/m0/s1. The molecule has 58 heavy (non-hydrogen) atoms. The molecule has 1 aromatic heterocycles. The van der Waals surface area contributed by atoms with Crippen molar-refractivity contribution in [1.29, 1.82) is 0 Å². The molecule has 0 unspecified atom stereocenters. The van der Waals surface area contributed by atoms with Crippen molar-refractivity contribution in [2.75, 3.05) is 27.8 Å². The summed E-state index contributed by atoms with van der Waals surface area (Å²) in [6, 6.07) is 19.8. The lowest BCUT2D eigenvalue weighted by Gasteiger charge is -2.55. The van der Waals surface area contributed by atoms with Gasteiger partial charge in [0.25, 0.3) is 0 Å². The highest BCUT2D eigenvalue weighted by Gasteiger charge is 2.54. The first-order chi connectivity index (χ1) is 27.9. The van der Waals surface area contributed by atoms with E-state index in [0.29, 0.717) is 42.4 Å². The summed E-state index contributed by atoms with van der Waals surface area (Å²) in [4.78, 5) is 26.0. The lowest BCUT2D eigenvalue weighted by molar-refractivity contribution is -0.160. The van der Waals surface area contributed by atoms with Crippen LogP contribution >= 0.6 is 11.6 Å². The average Bonchev–Trinajstić information content (AvgIpc) is 3.85. The quantitative estimate of drug-likeness (QED) is 0.102. The summed E-state index contributed by atoms with van der Waals surface area (Å²) in [7, 11) is 5.37. The van der Waals surface area contributed by atoms with Gasteiger partial charge in [-0.2, -0.15) is 5.10 Å². The number of rotatable bonds is 14. The zero-order valence-electron chi connectivity index (χ0n) is 33.6. The smallest absolute Gasteiger partial charge is 0.309 e. The molecule has 1 saturated heterocycles. The zero-order valence-corrected chi connectivity index (χ0v) is 34.3. The van der Waals surface area contributed by atoms with Gasteiger partial charge in [0, 0.05) is 59.2 Å². The predicted octanol–water partition coefficient (Wildman–Crippen LogP) is 8.51. The summed E-state index contributed by atoms with van der Waals surface area (Å²) in [6.45, 7) is 3.99. The Morgan fingerprint density at radius 3 is 2.40 bits per heavy atom. The van der Waals surface area contributed by atoms with Gasteiger partial charge in [0.05, 0.1) is 37.9 Å². The number of halogens is 2. The van der Waals surface area contributed by atoms with Crippen LogP contribution in [-0.2, 0) is 29.2 Å². The summed E-state index contributed by atoms with van der Waals surface area (Å²) in [5, 5.41) is 22.5. The minimum atomic E-state index is -0.645. The summed E-state index contributed by atoms with van der Waals surface area (Å²) >= 11 is 7.01.